The lowest BCUT2D eigenvalue weighted by molar-refractivity contribution is 0.120. The molecule has 0 amide bonds. The van der Waals surface area contributed by atoms with Gasteiger partial charge in [0.1, 0.15) is 17.6 Å². The maximum absolute atomic E-state index is 6.06. The molecule has 3 nitrogen and oxygen atoms in total. The summed E-state index contributed by atoms with van der Waals surface area (Å²) >= 11 is 0. The van der Waals surface area contributed by atoms with Crippen molar-refractivity contribution < 1.29 is 9.15 Å². The molecule has 18 heavy (non-hydrogen) atoms. The summed E-state index contributed by atoms with van der Waals surface area (Å²) in [5.41, 5.74) is 2.42. The predicted octanol–water partition coefficient (Wildman–Crippen LogP) is 3.15. The van der Waals surface area contributed by atoms with Gasteiger partial charge < -0.3 is 9.15 Å². The summed E-state index contributed by atoms with van der Waals surface area (Å²) in [4.78, 5) is 2.21. The molecule has 0 aliphatic carbocycles. The molecule has 1 aliphatic heterocycles. The number of furan rings is 1. The lowest BCUT2D eigenvalue weighted by atomic mass is 10.1. The van der Waals surface area contributed by atoms with Crippen molar-refractivity contribution in [1.29, 1.82) is 0 Å². The minimum absolute atomic E-state index is 0.0557. The zero-order chi connectivity index (χ0) is 12.5. The van der Waals surface area contributed by atoms with Crippen molar-refractivity contribution in [2.75, 3.05) is 13.6 Å². The second-order valence-corrected chi connectivity index (χ2v) is 4.92. The summed E-state index contributed by atoms with van der Waals surface area (Å²) in [6.07, 6.45) is 1.80. The highest BCUT2D eigenvalue weighted by molar-refractivity contribution is 5.29. The normalized spacial score (nSPS) is 19.6. The number of benzene rings is 1. The van der Waals surface area contributed by atoms with E-state index >= 15 is 0 Å². The molecule has 94 valence electrons. The van der Waals surface area contributed by atoms with Crippen LogP contribution in [0.15, 0.2) is 41.0 Å². The predicted molar refractivity (Wildman–Crippen MR) is 69.6 cm³/mol. The maximum Gasteiger partial charge on any atom is 0.140 e. The fourth-order valence-corrected chi connectivity index (χ4v) is 2.34. The van der Waals surface area contributed by atoms with Crippen LogP contribution in [0.4, 0.5) is 0 Å². The van der Waals surface area contributed by atoms with E-state index in [1.165, 1.54) is 11.1 Å². The topological polar surface area (TPSA) is 25.6 Å². The quantitative estimate of drug-likeness (QED) is 0.810. The number of aryl methyl sites for hydroxylation is 1. The van der Waals surface area contributed by atoms with Crippen LogP contribution < -0.4 is 4.74 Å². The number of hydrogen-bond acceptors (Lipinski definition) is 3. The molecule has 0 spiro atoms. The maximum atomic E-state index is 6.06. The number of likely N-dealkylation sites (N-methyl/N-ethyl adjacent to an activating group) is 1. The molecular formula is C15H17NO2. The molecule has 3 heteroatoms. The van der Waals surface area contributed by atoms with Crippen molar-refractivity contribution in [1.82, 2.24) is 4.90 Å². The van der Waals surface area contributed by atoms with Gasteiger partial charge in [0, 0.05) is 12.1 Å². The molecule has 0 fully saturated rings. The van der Waals surface area contributed by atoms with Gasteiger partial charge in [-0.05, 0) is 32.2 Å². The van der Waals surface area contributed by atoms with Gasteiger partial charge in [0.15, 0.2) is 0 Å². The second kappa shape index (κ2) is 4.50. The van der Waals surface area contributed by atoms with Crippen molar-refractivity contribution in [3.05, 3.63) is 53.5 Å². The van der Waals surface area contributed by atoms with Crippen LogP contribution in [0.1, 0.15) is 23.0 Å². The molecule has 0 saturated heterocycles. The average Bonchev–Trinajstić information content (AvgIpc) is 2.80. The van der Waals surface area contributed by atoms with Crippen molar-refractivity contribution >= 4 is 0 Å². The fourth-order valence-electron chi connectivity index (χ4n) is 2.34. The largest absolute Gasteiger partial charge is 0.484 e. The second-order valence-electron chi connectivity index (χ2n) is 4.92. The summed E-state index contributed by atoms with van der Waals surface area (Å²) in [5.74, 6) is 1.92. The van der Waals surface area contributed by atoms with Gasteiger partial charge in [0.2, 0.25) is 0 Å². The third-order valence-electron chi connectivity index (χ3n) is 3.32. The van der Waals surface area contributed by atoms with Gasteiger partial charge in [-0.1, -0.05) is 17.7 Å². The van der Waals surface area contributed by atoms with Gasteiger partial charge in [-0.3, -0.25) is 4.90 Å². The minimum Gasteiger partial charge on any atom is -0.484 e. The lowest BCUT2D eigenvalue weighted by Crippen LogP contribution is -2.32. The van der Waals surface area contributed by atoms with Gasteiger partial charge in [0.05, 0.1) is 12.8 Å². The van der Waals surface area contributed by atoms with Gasteiger partial charge in [-0.15, -0.1) is 0 Å². The highest BCUT2D eigenvalue weighted by Crippen LogP contribution is 2.30. The molecule has 1 atom stereocenters. The van der Waals surface area contributed by atoms with Gasteiger partial charge in [0.25, 0.3) is 0 Å². The number of fused-ring (bicyclic) bond motifs is 1. The van der Waals surface area contributed by atoms with Gasteiger partial charge in [-0.2, -0.15) is 0 Å². The van der Waals surface area contributed by atoms with Crippen LogP contribution in [0.5, 0.6) is 5.75 Å². The van der Waals surface area contributed by atoms with E-state index in [0.717, 1.165) is 24.6 Å². The molecule has 1 unspecified atom stereocenters. The first-order valence-electron chi connectivity index (χ1n) is 6.20. The smallest absolute Gasteiger partial charge is 0.140 e. The summed E-state index contributed by atoms with van der Waals surface area (Å²) < 4.78 is 11.6. The highest BCUT2D eigenvalue weighted by atomic mass is 16.5. The SMILES string of the molecule is Cc1ccc(OC2CN(C)Cc3occc32)cc1. The van der Waals surface area contributed by atoms with E-state index in [9.17, 15) is 0 Å². The molecule has 1 aliphatic rings. The Bertz CT molecular complexity index is 530. The van der Waals surface area contributed by atoms with E-state index in [-0.39, 0.29) is 6.10 Å². The molecular weight excluding hydrogens is 226 g/mol. The third-order valence-corrected chi connectivity index (χ3v) is 3.32. The van der Waals surface area contributed by atoms with Crippen LogP contribution in [-0.4, -0.2) is 18.5 Å². The van der Waals surface area contributed by atoms with Gasteiger partial charge in [-0.25, -0.2) is 0 Å². The van der Waals surface area contributed by atoms with Crippen LogP contribution in [0.2, 0.25) is 0 Å². The van der Waals surface area contributed by atoms with Gasteiger partial charge >= 0.3 is 0 Å². The monoisotopic (exact) mass is 243 g/mol. The van der Waals surface area contributed by atoms with E-state index in [0.29, 0.717) is 0 Å². The minimum atomic E-state index is 0.0557. The Morgan fingerprint density at radius 2 is 2.00 bits per heavy atom. The first kappa shape index (κ1) is 11.4. The lowest BCUT2D eigenvalue weighted by Gasteiger charge is -2.29. The van der Waals surface area contributed by atoms with E-state index in [2.05, 4.69) is 31.0 Å². The molecule has 0 bridgehead atoms. The van der Waals surface area contributed by atoms with Crippen LogP contribution in [0.25, 0.3) is 0 Å². The molecule has 3 rings (SSSR count). The first-order valence-corrected chi connectivity index (χ1v) is 6.20. The number of rotatable bonds is 2. The van der Waals surface area contributed by atoms with Crippen molar-refractivity contribution in [2.24, 2.45) is 0 Å². The summed E-state index contributed by atoms with van der Waals surface area (Å²) in [5, 5.41) is 0. The molecule has 2 aromatic rings. The Labute approximate surface area is 107 Å². The van der Waals surface area contributed by atoms with E-state index in [1.807, 2.05) is 18.2 Å². The van der Waals surface area contributed by atoms with Crippen molar-refractivity contribution in [2.45, 2.75) is 19.6 Å². The van der Waals surface area contributed by atoms with E-state index in [4.69, 9.17) is 9.15 Å². The summed E-state index contributed by atoms with van der Waals surface area (Å²) in [6.45, 7) is 3.82. The Morgan fingerprint density at radius 3 is 2.78 bits per heavy atom. The first-order chi connectivity index (χ1) is 8.72. The zero-order valence-electron chi connectivity index (χ0n) is 10.7. The Kier molecular flexibility index (Phi) is 2.84. The van der Waals surface area contributed by atoms with Crippen LogP contribution >= 0.6 is 0 Å². The van der Waals surface area contributed by atoms with Crippen molar-refractivity contribution in [3.63, 3.8) is 0 Å². The number of hydrogen-bond donors (Lipinski definition) is 0. The zero-order valence-corrected chi connectivity index (χ0v) is 10.7. The standard InChI is InChI=1S/C15H17NO2/c1-11-3-5-12(6-4-11)18-15-10-16(2)9-14-13(15)7-8-17-14/h3-8,15H,9-10H2,1-2H3. The fraction of sp³-hybridized carbons (Fsp3) is 0.333. The van der Waals surface area contributed by atoms with Crippen molar-refractivity contribution in [3.8, 4) is 5.75 Å². The molecule has 0 saturated carbocycles. The Balaban J connectivity index is 1.83. The van der Waals surface area contributed by atoms with Crippen LogP contribution in [-0.2, 0) is 6.54 Å². The molecule has 1 aromatic heterocycles. The molecule has 0 N–H and O–H groups in total. The van der Waals surface area contributed by atoms with Crippen LogP contribution in [0.3, 0.4) is 0 Å². The molecule has 0 radical (unpaired) electrons. The Morgan fingerprint density at radius 1 is 1.22 bits per heavy atom. The molecule has 1 aromatic carbocycles. The molecule has 2 heterocycles. The van der Waals surface area contributed by atoms with E-state index in [1.54, 1.807) is 6.26 Å². The number of nitrogens with zero attached hydrogens (tertiary/aromatic N) is 1. The third kappa shape index (κ3) is 2.14. The summed E-state index contributed by atoms with van der Waals surface area (Å²) in [7, 11) is 2.08. The van der Waals surface area contributed by atoms with E-state index < -0.39 is 0 Å². The summed E-state index contributed by atoms with van der Waals surface area (Å²) in [6, 6.07) is 10.2. The highest BCUT2D eigenvalue weighted by Gasteiger charge is 2.27. The average molecular weight is 243 g/mol. The van der Waals surface area contributed by atoms with Crippen LogP contribution in [0, 0.1) is 6.92 Å². The number of ether oxygens (including phenoxy) is 1. The Hall–Kier alpha value is -1.74.